The molecule has 1 N–H and O–H groups in total. The van der Waals surface area contributed by atoms with Crippen molar-refractivity contribution in [2.75, 3.05) is 13.2 Å². The highest BCUT2D eigenvalue weighted by molar-refractivity contribution is 7.86. The van der Waals surface area contributed by atoms with Gasteiger partial charge in [-0.15, -0.1) is 0 Å². The number of ether oxygens (including phenoxy) is 1. The lowest BCUT2D eigenvalue weighted by molar-refractivity contribution is 0.0803. The maximum atomic E-state index is 12.4. The summed E-state index contributed by atoms with van der Waals surface area (Å²) >= 11 is 0. The Morgan fingerprint density at radius 2 is 1.94 bits per heavy atom. The Labute approximate surface area is 106 Å². The normalized spacial score (nSPS) is 19.8. The van der Waals surface area contributed by atoms with Gasteiger partial charge in [0.1, 0.15) is 5.44 Å². The standard InChI is InChI=1S/C13H22O3S/c1-13(2,3)17(15)12(16-10-6-9-14)11-7-4-5-8-11/h4-5,7-8,11-12,14H,6,9-10H2,1-3H3. The fourth-order valence-electron chi connectivity index (χ4n) is 1.56. The zero-order valence-corrected chi connectivity index (χ0v) is 11.6. The monoisotopic (exact) mass is 258 g/mol. The Morgan fingerprint density at radius 1 is 1.35 bits per heavy atom. The minimum absolute atomic E-state index is 0.0775. The van der Waals surface area contributed by atoms with Crippen molar-refractivity contribution < 1.29 is 14.1 Å². The Morgan fingerprint density at radius 3 is 2.41 bits per heavy atom. The van der Waals surface area contributed by atoms with Crippen LogP contribution in [0.5, 0.6) is 0 Å². The summed E-state index contributed by atoms with van der Waals surface area (Å²) in [6, 6.07) is 0. The molecule has 3 nitrogen and oxygen atoms in total. The zero-order valence-electron chi connectivity index (χ0n) is 10.8. The molecule has 17 heavy (non-hydrogen) atoms. The summed E-state index contributed by atoms with van der Waals surface area (Å²) in [4.78, 5) is 0. The number of aliphatic hydroxyl groups excluding tert-OH is 1. The number of rotatable bonds is 6. The molecule has 2 atom stereocenters. The average molecular weight is 258 g/mol. The van der Waals surface area contributed by atoms with Crippen LogP contribution in [-0.2, 0) is 15.5 Å². The molecule has 0 aromatic heterocycles. The second-order valence-electron chi connectivity index (χ2n) is 5.07. The lowest BCUT2D eigenvalue weighted by atomic mass is 10.2. The molecule has 0 fully saturated rings. The molecule has 0 amide bonds. The molecule has 0 saturated carbocycles. The molecule has 1 rings (SSSR count). The third-order valence-electron chi connectivity index (χ3n) is 2.49. The van der Waals surface area contributed by atoms with E-state index in [-0.39, 0.29) is 22.7 Å². The van der Waals surface area contributed by atoms with Crippen molar-refractivity contribution in [3.8, 4) is 0 Å². The lowest BCUT2D eigenvalue weighted by Gasteiger charge is -2.28. The van der Waals surface area contributed by atoms with Gasteiger partial charge in [-0.25, -0.2) is 0 Å². The average Bonchev–Trinajstić information content (AvgIpc) is 2.75. The molecule has 0 bridgehead atoms. The van der Waals surface area contributed by atoms with E-state index in [0.29, 0.717) is 13.0 Å². The number of allylic oxidation sites excluding steroid dienone is 2. The van der Waals surface area contributed by atoms with Crippen LogP contribution in [0.3, 0.4) is 0 Å². The Balaban J connectivity index is 2.68. The van der Waals surface area contributed by atoms with E-state index in [1.807, 2.05) is 45.1 Å². The minimum Gasteiger partial charge on any atom is -0.396 e. The van der Waals surface area contributed by atoms with E-state index >= 15 is 0 Å². The third kappa shape index (κ3) is 4.37. The molecule has 0 aromatic rings. The van der Waals surface area contributed by atoms with Crippen LogP contribution in [0, 0.1) is 5.92 Å². The first-order chi connectivity index (χ1) is 7.96. The fraction of sp³-hybridized carbons (Fsp3) is 0.692. The van der Waals surface area contributed by atoms with Crippen molar-refractivity contribution in [1.29, 1.82) is 0 Å². The predicted molar refractivity (Wildman–Crippen MR) is 71.1 cm³/mol. The van der Waals surface area contributed by atoms with E-state index in [9.17, 15) is 4.21 Å². The van der Waals surface area contributed by atoms with E-state index in [1.54, 1.807) is 0 Å². The van der Waals surface area contributed by atoms with Crippen molar-refractivity contribution in [1.82, 2.24) is 0 Å². The van der Waals surface area contributed by atoms with Crippen molar-refractivity contribution >= 4 is 10.8 Å². The van der Waals surface area contributed by atoms with Gasteiger partial charge in [0.2, 0.25) is 0 Å². The van der Waals surface area contributed by atoms with Crippen LogP contribution in [0.1, 0.15) is 27.2 Å². The first kappa shape index (κ1) is 14.6. The highest BCUT2D eigenvalue weighted by Gasteiger charge is 2.33. The summed E-state index contributed by atoms with van der Waals surface area (Å²) in [5.41, 5.74) is -0.323. The summed E-state index contributed by atoms with van der Waals surface area (Å²) in [7, 11) is -1.07. The Kier molecular flexibility index (Phi) is 5.56. The second-order valence-corrected chi connectivity index (χ2v) is 7.36. The van der Waals surface area contributed by atoms with Crippen LogP contribution in [0.4, 0.5) is 0 Å². The minimum atomic E-state index is -1.07. The fourth-order valence-corrected chi connectivity index (χ4v) is 2.94. The van der Waals surface area contributed by atoms with Gasteiger partial charge in [-0.1, -0.05) is 24.3 Å². The first-order valence-electron chi connectivity index (χ1n) is 5.95. The zero-order chi connectivity index (χ0) is 12.9. The number of hydrogen-bond acceptors (Lipinski definition) is 3. The van der Waals surface area contributed by atoms with Crippen LogP contribution in [0.25, 0.3) is 0 Å². The summed E-state index contributed by atoms with van der Waals surface area (Å²) in [6.07, 6.45) is 8.50. The van der Waals surface area contributed by atoms with Crippen molar-refractivity contribution in [3.63, 3.8) is 0 Å². The van der Waals surface area contributed by atoms with Crippen molar-refractivity contribution in [2.24, 2.45) is 5.92 Å². The lowest BCUT2D eigenvalue weighted by Crippen LogP contribution is -2.37. The molecule has 0 spiro atoms. The van der Waals surface area contributed by atoms with E-state index in [2.05, 4.69) is 0 Å². The van der Waals surface area contributed by atoms with Gasteiger partial charge in [-0.3, -0.25) is 4.21 Å². The van der Waals surface area contributed by atoms with Crippen LogP contribution in [-0.4, -0.2) is 32.7 Å². The molecule has 0 aliphatic heterocycles. The van der Waals surface area contributed by atoms with Gasteiger partial charge in [0.25, 0.3) is 0 Å². The van der Waals surface area contributed by atoms with E-state index in [4.69, 9.17) is 9.84 Å². The van der Waals surface area contributed by atoms with Gasteiger partial charge in [-0.2, -0.15) is 0 Å². The molecular weight excluding hydrogens is 236 g/mol. The molecule has 0 radical (unpaired) electrons. The molecule has 1 aliphatic carbocycles. The SMILES string of the molecule is CC(C)(C)S(=O)C(OCCCO)C1C=CC=C1. The van der Waals surface area contributed by atoms with E-state index < -0.39 is 10.8 Å². The maximum absolute atomic E-state index is 12.4. The van der Waals surface area contributed by atoms with Gasteiger partial charge >= 0.3 is 0 Å². The summed E-state index contributed by atoms with van der Waals surface area (Å²) in [5, 5.41) is 8.76. The van der Waals surface area contributed by atoms with Gasteiger partial charge in [0, 0.05) is 17.3 Å². The number of aliphatic hydroxyl groups is 1. The molecule has 1 aliphatic rings. The molecule has 98 valence electrons. The van der Waals surface area contributed by atoms with Crippen molar-refractivity contribution in [3.05, 3.63) is 24.3 Å². The third-order valence-corrected chi connectivity index (χ3v) is 4.57. The largest absolute Gasteiger partial charge is 0.396 e. The second kappa shape index (κ2) is 6.47. The molecule has 0 heterocycles. The van der Waals surface area contributed by atoms with Crippen LogP contribution >= 0.6 is 0 Å². The quantitative estimate of drug-likeness (QED) is 0.741. The first-order valence-corrected chi connectivity index (χ1v) is 7.16. The van der Waals surface area contributed by atoms with Crippen LogP contribution < -0.4 is 0 Å². The topological polar surface area (TPSA) is 46.5 Å². The van der Waals surface area contributed by atoms with Crippen LogP contribution in [0.15, 0.2) is 24.3 Å². The van der Waals surface area contributed by atoms with Gasteiger partial charge in [-0.05, 0) is 27.2 Å². The summed E-state index contributed by atoms with van der Waals surface area (Å²) < 4.78 is 17.8. The smallest absolute Gasteiger partial charge is 0.142 e. The van der Waals surface area contributed by atoms with E-state index in [0.717, 1.165) is 0 Å². The Hall–Kier alpha value is -0.450. The van der Waals surface area contributed by atoms with Crippen LogP contribution in [0.2, 0.25) is 0 Å². The maximum Gasteiger partial charge on any atom is 0.142 e. The number of hydrogen-bond donors (Lipinski definition) is 1. The molecule has 0 saturated heterocycles. The van der Waals surface area contributed by atoms with Gasteiger partial charge in [0.05, 0.1) is 17.4 Å². The molecule has 0 aromatic carbocycles. The summed E-state index contributed by atoms with van der Waals surface area (Å²) in [6.45, 7) is 6.40. The highest BCUT2D eigenvalue weighted by Crippen LogP contribution is 2.26. The Bertz CT molecular complexity index is 303. The van der Waals surface area contributed by atoms with E-state index in [1.165, 1.54) is 0 Å². The van der Waals surface area contributed by atoms with Crippen molar-refractivity contribution in [2.45, 2.75) is 37.4 Å². The molecular formula is C13H22O3S. The molecule has 4 heteroatoms. The summed E-state index contributed by atoms with van der Waals surface area (Å²) in [5.74, 6) is 0.0775. The van der Waals surface area contributed by atoms with Gasteiger partial charge in [0.15, 0.2) is 0 Å². The highest BCUT2D eigenvalue weighted by atomic mass is 32.2. The molecule has 2 unspecified atom stereocenters. The predicted octanol–water partition coefficient (Wildman–Crippen LogP) is 2.00. The van der Waals surface area contributed by atoms with Gasteiger partial charge < -0.3 is 9.84 Å².